The van der Waals surface area contributed by atoms with Crippen LogP contribution in [0.1, 0.15) is 22.9 Å². The topological polar surface area (TPSA) is 53.1 Å². The van der Waals surface area contributed by atoms with E-state index in [9.17, 15) is 0 Å². The van der Waals surface area contributed by atoms with Gasteiger partial charge in [0.15, 0.2) is 0 Å². The van der Waals surface area contributed by atoms with Crippen LogP contribution in [0.2, 0.25) is 5.02 Å². The molecule has 2 N–H and O–H groups in total. The van der Waals surface area contributed by atoms with Crippen molar-refractivity contribution in [3.63, 3.8) is 0 Å². The van der Waals surface area contributed by atoms with Crippen molar-refractivity contribution >= 4 is 11.6 Å². The molecule has 0 radical (unpaired) electrons. The highest BCUT2D eigenvalue weighted by molar-refractivity contribution is 6.31. The fourth-order valence-electron chi connectivity index (χ4n) is 2.29. The number of rotatable bonds is 6. The Hall–Kier alpha value is -1.36. The van der Waals surface area contributed by atoms with Gasteiger partial charge >= 0.3 is 0 Å². The number of hydrogen-bond acceptors (Lipinski definition) is 3. The monoisotopic (exact) mass is 293 g/mol. The van der Waals surface area contributed by atoms with Crippen LogP contribution in [0.4, 0.5) is 0 Å². The molecule has 0 bridgehead atoms. The van der Waals surface area contributed by atoms with Crippen molar-refractivity contribution in [3.05, 3.63) is 52.3 Å². The second kappa shape index (κ2) is 6.88. The average Bonchev–Trinajstić information content (AvgIpc) is 2.77. The Labute approximate surface area is 124 Å². The fraction of sp³-hybridized carbons (Fsp3) is 0.400. The predicted molar refractivity (Wildman–Crippen MR) is 80.9 cm³/mol. The van der Waals surface area contributed by atoms with E-state index in [0.29, 0.717) is 18.2 Å². The molecule has 0 saturated heterocycles. The van der Waals surface area contributed by atoms with E-state index in [1.807, 2.05) is 10.7 Å². The molecular weight excluding hydrogens is 274 g/mol. The summed E-state index contributed by atoms with van der Waals surface area (Å²) in [5, 5.41) is 4.87. The van der Waals surface area contributed by atoms with Gasteiger partial charge in [0.25, 0.3) is 0 Å². The normalized spacial score (nSPS) is 12.6. The third kappa shape index (κ3) is 3.60. The molecule has 0 aliphatic carbocycles. The maximum Gasteiger partial charge on any atom is 0.0834 e. The molecule has 0 aliphatic rings. The summed E-state index contributed by atoms with van der Waals surface area (Å²) in [5.41, 5.74) is 9.61. The first-order valence-electron chi connectivity index (χ1n) is 6.63. The van der Waals surface area contributed by atoms with Gasteiger partial charge in [-0.3, -0.25) is 4.68 Å². The number of halogens is 1. The standard InChI is InChI=1S/C15H20ClN3O/c1-11-4-3-5-12(8-11)9-14(17)15-13(16)10-18-19(15)6-7-20-2/h3-5,8,10,14H,6-7,9,17H2,1-2H3. The second-order valence-electron chi connectivity index (χ2n) is 4.89. The van der Waals surface area contributed by atoms with Crippen molar-refractivity contribution in [2.75, 3.05) is 13.7 Å². The van der Waals surface area contributed by atoms with Crippen molar-refractivity contribution < 1.29 is 4.74 Å². The van der Waals surface area contributed by atoms with Gasteiger partial charge in [-0.25, -0.2) is 0 Å². The highest BCUT2D eigenvalue weighted by Gasteiger charge is 2.17. The minimum Gasteiger partial charge on any atom is -0.383 e. The molecule has 0 fully saturated rings. The lowest BCUT2D eigenvalue weighted by atomic mass is 10.0. The zero-order valence-electron chi connectivity index (χ0n) is 11.8. The lowest BCUT2D eigenvalue weighted by molar-refractivity contribution is 0.182. The van der Waals surface area contributed by atoms with Gasteiger partial charge in [0.1, 0.15) is 0 Å². The summed E-state index contributed by atoms with van der Waals surface area (Å²) in [6, 6.07) is 8.16. The lowest BCUT2D eigenvalue weighted by Crippen LogP contribution is -2.20. The van der Waals surface area contributed by atoms with E-state index in [-0.39, 0.29) is 6.04 Å². The average molecular weight is 294 g/mol. The van der Waals surface area contributed by atoms with E-state index < -0.39 is 0 Å². The van der Waals surface area contributed by atoms with E-state index in [1.54, 1.807) is 13.3 Å². The molecule has 0 spiro atoms. The van der Waals surface area contributed by atoms with Crippen LogP contribution in [0.25, 0.3) is 0 Å². The maximum atomic E-state index is 6.31. The summed E-state index contributed by atoms with van der Waals surface area (Å²) in [6.45, 7) is 3.31. The second-order valence-corrected chi connectivity index (χ2v) is 5.30. The number of hydrogen-bond donors (Lipinski definition) is 1. The minimum absolute atomic E-state index is 0.177. The highest BCUT2D eigenvalue weighted by atomic mass is 35.5. The molecule has 1 heterocycles. The van der Waals surface area contributed by atoms with Crippen molar-refractivity contribution in [2.24, 2.45) is 5.73 Å². The van der Waals surface area contributed by atoms with Crippen LogP contribution in [-0.2, 0) is 17.7 Å². The van der Waals surface area contributed by atoms with Gasteiger partial charge < -0.3 is 10.5 Å². The van der Waals surface area contributed by atoms with Gasteiger partial charge in [0, 0.05) is 7.11 Å². The van der Waals surface area contributed by atoms with Gasteiger partial charge in [0.2, 0.25) is 0 Å². The number of nitrogens with two attached hydrogens (primary N) is 1. The number of aryl methyl sites for hydroxylation is 1. The summed E-state index contributed by atoms with van der Waals surface area (Å²) in [6.07, 6.45) is 2.38. The molecule has 1 aromatic heterocycles. The molecule has 20 heavy (non-hydrogen) atoms. The van der Waals surface area contributed by atoms with E-state index in [0.717, 1.165) is 12.1 Å². The molecule has 4 nitrogen and oxygen atoms in total. The first kappa shape index (κ1) is 15.0. The van der Waals surface area contributed by atoms with Gasteiger partial charge in [-0.15, -0.1) is 0 Å². The van der Waals surface area contributed by atoms with Gasteiger partial charge in [-0.1, -0.05) is 41.4 Å². The van der Waals surface area contributed by atoms with Crippen LogP contribution >= 0.6 is 11.6 Å². The van der Waals surface area contributed by atoms with Crippen LogP contribution in [0, 0.1) is 6.92 Å². The SMILES string of the molecule is COCCn1ncc(Cl)c1C(N)Cc1cccc(C)c1. The van der Waals surface area contributed by atoms with Crippen molar-refractivity contribution in [2.45, 2.75) is 25.9 Å². The minimum atomic E-state index is -0.177. The summed E-state index contributed by atoms with van der Waals surface area (Å²) in [4.78, 5) is 0. The number of nitrogens with zero attached hydrogens (tertiary/aromatic N) is 2. The molecule has 1 atom stereocenters. The van der Waals surface area contributed by atoms with E-state index in [1.165, 1.54) is 11.1 Å². The van der Waals surface area contributed by atoms with Crippen molar-refractivity contribution in [1.82, 2.24) is 9.78 Å². The molecule has 108 valence electrons. The Bertz CT molecular complexity index is 568. The third-order valence-corrected chi connectivity index (χ3v) is 3.52. The maximum absolute atomic E-state index is 6.31. The molecule has 5 heteroatoms. The molecule has 0 amide bonds. The molecule has 2 rings (SSSR count). The largest absolute Gasteiger partial charge is 0.383 e. The highest BCUT2D eigenvalue weighted by Crippen LogP contribution is 2.24. The van der Waals surface area contributed by atoms with E-state index in [2.05, 4.69) is 30.2 Å². The first-order valence-corrected chi connectivity index (χ1v) is 7.01. The van der Waals surface area contributed by atoms with Crippen molar-refractivity contribution in [1.29, 1.82) is 0 Å². The van der Waals surface area contributed by atoms with Gasteiger partial charge in [0.05, 0.1) is 36.1 Å². The summed E-state index contributed by atoms with van der Waals surface area (Å²) < 4.78 is 6.90. The number of benzene rings is 1. The molecule has 1 aromatic carbocycles. The molecule has 2 aromatic rings. The van der Waals surface area contributed by atoms with Crippen LogP contribution < -0.4 is 5.73 Å². The quantitative estimate of drug-likeness (QED) is 0.891. The Morgan fingerprint density at radius 1 is 1.45 bits per heavy atom. The molecular formula is C15H20ClN3O. The van der Waals surface area contributed by atoms with E-state index >= 15 is 0 Å². The smallest absolute Gasteiger partial charge is 0.0834 e. The zero-order chi connectivity index (χ0) is 14.5. The Kier molecular flexibility index (Phi) is 5.17. The Balaban J connectivity index is 2.16. The van der Waals surface area contributed by atoms with Crippen LogP contribution in [-0.4, -0.2) is 23.5 Å². The third-order valence-electron chi connectivity index (χ3n) is 3.23. The lowest BCUT2D eigenvalue weighted by Gasteiger charge is -2.15. The number of methoxy groups -OCH3 is 1. The zero-order valence-corrected chi connectivity index (χ0v) is 12.6. The van der Waals surface area contributed by atoms with Crippen molar-refractivity contribution in [3.8, 4) is 0 Å². The molecule has 0 aliphatic heterocycles. The Morgan fingerprint density at radius 3 is 2.95 bits per heavy atom. The fourth-order valence-corrected chi connectivity index (χ4v) is 2.57. The first-order chi connectivity index (χ1) is 9.61. The molecule has 1 unspecified atom stereocenters. The summed E-state index contributed by atoms with van der Waals surface area (Å²) in [7, 11) is 1.66. The number of ether oxygens (including phenoxy) is 1. The van der Waals surface area contributed by atoms with Gasteiger partial charge in [-0.05, 0) is 18.9 Å². The van der Waals surface area contributed by atoms with E-state index in [4.69, 9.17) is 22.1 Å². The number of aromatic nitrogens is 2. The van der Waals surface area contributed by atoms with Crippen LogP contribution in [0.5, 0.6) is 0 Å². The predicted octanol–water partition coefficient (Wildman–Crippen LogP) is 2.73. The van der Waals surface area contributed by atoms with Crippen LogP contribution in [0.3, 0.4) is 0 Å². The van der Waals surface area contributed by atoms with Gasteiger partial charge in [-0.2, -0.15) is 5.10 Å². The Morgan fingerprint density at radius 2 is 2.25 bits per heavy atom. The summed E-state index contributed by atoms with van der Waals surface area (Å²) >= 11 is 6.21. The molecule has 0 saturated carbocycles. The van der Waals surface area contributed by atoms with Crippen LogP contribution in [0.15, 0.2) is 30.5 Å². The summed E-state index contributed by atoms with van der Waals surface area (Å²) in [5.74, 6) is 0.